The van der Waals surface area contributed by atoms with Crippen LogP contribution in [0.1, 0.15) is 49.5 Å². The first-order chi connectivity index (χ1) is 13.0. The lowest BCUT2D eigenvalue weighted by Gasteiger charge is -2.18. The van der Waals surface area contributed by atoms with Crippen molar-refractivity contribution in [2.24, 2.45) is 10.9 Å². The second kappa shape index (κ2) is 10.9. The van der Waals surface area contributed by atoms with Crippen molar-refractivity contribution in [2.45, 2.75) is 46.6 Å². The molecule has 0 aliphatic rings. The molecule has 0 radical (unpaired) electrons. The normalized spacial score (nSPS) is 12.9. The Morgan fingerprint density at radius 1 is 1.22 bits per heavy atom. The molecule has 2 rings (SSSR count). The van der Waals surface area contributed by atoms with Crippen LogP contribution in [0.2, 0.25) is 0 Å². The Balaban J connectivity index is 1.75. The molecule has 0 spiro atoms. The summed E-state index contributed by atoms with van der Waals surface area (Å²) >= 11 is 1.73. The Morgan fingerprint density at radius 3 is 2.56 bits per heavy atom. The van der Waals surface area contributed by atoms with Crippen LogP contribution in [0.25, 0.3) is 0 Å². The summed E-state index contributed by atoms with van der Waals surface area (Å²) in [5, 5.41) is 10.1. The van der Waals surface area contributed by atoms with E-state index in [0.29, 0.717) is 5.92 Å². The van der Waals surface area contributed by atoms with Crippen molar-refractivity contribution in [3.05, 3.63) is 45.9 Å². The highest BCUT2D eigenvalue weighted by Crippen LogP contribution is 2.18. The predicted molar refractivity (Wildman–Crippen MR) is 115 cm³/mol. The van der Waals surface area contributed by atoms with E-state index in [0.717, 1.165) is 43.4 Å². The molecule has 0 aliphatic carbocycles. The first-order valence-corrected chi connectivity index (χ1v) is 10.5. The number of aliphatic imine (C=N–C) groups is 1. The molecule has 0 fully saturated rings. The summed E-state index contributed by atoms with van der Waals surface area (Å²) in [5.74, 6) is 2.26. The first-order valence-electron chi connectivity index (χ1n) is 9.59. The van der Waals surface area contributed by atoms with Crippen LogP contribution in [0.4, 0.5) is 0 Å². The summed E-state index contributed by atoms with van der Waals surface area (Å²) < 4.78 is 5.75. The van der Waals surface area contributed by atoms with Gasteiger partial charge in [-0.1, -0.05) is 26.0 Å². The zero-order valence-corrected chi connectivity index (χ0v) is 17.9. The first kappa shape index (κ1) is 21.2. The highest BCUT2D eigenvalue weighted by Gasteiger charge is 2.08. The third-order valence-electron chi connectivity index (χ3n) is 4.07. The van der Waals surface area contributed by atoms with Gasteiger partial charge < -0.3 is 15.4 Å². The second-order valence-electron chi connectivity index (χ2n) is 7.13. The molecule has 1 aromatic carbocycles. The van der Waals surface area contributed by atoms with Crippen molar-refractivity contribution in [1.82, 2.24) is 15.6 Å². The van der Waals surface area contributed by atoms with E-state index in [9.17, 15) is 0 Å². The number of ether oxygens (including phenoxy) is 1. The fourth-order valence-corrected chi connectivity index (χ4v) is 3.38. The zero-order chi connectivity index (χ0) is 19.6. The predicted octanol–water partition coefficient (Wildman–Crippen LogP) is 4.35. The minimum Gasteiger partial charge on any atom is -0.493 e. The quantitative estimate of drug-likeness (QED) is 0.381. The van der Waals surface area contributed by atoms with Crippen LogP contribution in [0.15, 0.2) is 34.6 Å². The van der Waals surface area contributed by atoms with Gasteiger partial charge in [-0.05, 0) is 43.9 Å². The number of hydrogen-bond acceptors (Lipinski definition) is 4. The van der Waals surface area contributed by atoms with Gasteiger partial charge in [0.1, 0.15) is 5.75 Å². The molecule has 0 saturated heterocycles. The maximum Gasteiger partial charge on any atom is 0.191 e. The van der Waals surface area contributed by atoms with Crippen molar-refractivity contribution in [3.63, 3.8) is 0 Å². The lowest BCUT2D eigenvalue weighted by atomic mass is 10.1. The van der Waals surface area contributed by atoms with Gasteiger partial charge in [-0.25, -0.2) is 4.98 Å². The summed E-state index contributed by atoms with van der Waals surface area (Å²) in [6.07, 6.45) is 2.03. The number of guanidine groups is 1. The number of aromatic nitrogens is 1. The molecule has 1 atom stereocenters. The van der Waals surface area contributed by atoms with Gasteiger partial charge in [-0.3, -0.25) is 4.99 Å². The average Bonchev–Trinajstić information content (AvgIpc) is 3.07. The fourth-order valence-electron chi connectivity index (χ4n) is 2.56. The topological polar surface area (TPSA) is 58.5 Å². The fraction of sp³-hybridized carbons (Fsp3) is 0.524. The Bertz CT molecular complexity index is 709. The SMILES string of the molecule is CN=C(NCCCc1nc(C)cs1)NC(C)c1ccc(OCC(C)C)cc1. The molecule has 1 unspecified atom stereocenters. The van der Waals surface area contributed by atoms with Gasteiger partial charge in [0, 0.05) is 31.1 Å². The molecular formula is C21H32N4OS. The largest absolute Gasteiger partial charge is 0.493 e. The average molecular weight is 389 g/mol. The monoisotopic (exact) mass is 388 g/mol. The van der Waals surface area contributed by atoms with Crippen LogP contribution in [0.3, 0.4) is 0 Å². The van der Waals surface area contributed by atoms with Crippen molar-refractivity contribution >= 4 is 17.3 Å². The van der Waals surface area contributed by atoms with Gasteiger partial charge in [0.15, 0.2) is 5.96 Å². The molecule has 1 aromatic heterocycles. The third kappa shape index (κ3) is 7.59. The van der Waals surface area contributed by atoms with Crippen LogP contribution in [-0.4, -0.2) is 31.1 Å². The molecule has 0 saturated carbocycles. The lowest BCUT2D eigenvalue weighted by molar-refractivity contribution is 0.271. The molecule has 6 heteroatoms. The lowest BCUT2D eigenvalue weighted by Crippen LogP contribution is -2.39. The molecule has 1 heterocycles. The number of hydrogen-bond donors (Lipinski definition) is 2. The van der Waals surface area contributed by atoms with Crippen molar-refractivity contribution in [1.29, 1.82) is 0 Å². The minimum atomic E-state index is 0.164. The molecule has 2 N–H and O–H groups in total. The van der Waals surface area contributed by atoms with Crippen LogP contribution >= 0.6 is 11.3 Å². The Hall–Kier alpha value is -2.08. The summed E-state index contributed by atoms with van der Waals surface area (Å²) in [6, 6.07) is 8.43. The van der Waals surface area contributed by atoms with E-state index in [4.69, 9.17) is 4.74 Å². The summed E-state index contributed by atoms with van der Waals surface area (Å²) in [6.45, 7) is 10.1. The van der Waals surface area contributed by atoms with E-state index in [-0.39, 0.29) is 6.04 Å². The van der Waals surface area contributed by atoms with E-state index >= 15 is 0 Å². The zero-order valence-electron chi connectivity index (χ0n) is 17.1. The van der Waals surface area contributed by atoms with E-state index in [1.807, 2.05) is 19.1 Å². The van der Waals surface area contributed by atoms with Gasteiger partial charge in [0.05, 0.1) is 17.7 Å². The van der Waals surface area contributed by atoms with Gasteiger partial charge in [0.2, 0.25) is 0 Å². The van der Waals surface area contributed by atoms with E-state index in [1.54, 1.807) is 18.4 Å². The van der Waals surface area contributed by atoms with Crippen LogP contribution in [-0.2, 0) is 6.42 Å². The Kier molecular flexibility index (Phi) is 8.58. The van der Waals surface area contributed by atoms with E-state index in [1.165, 1.54) is 10.6 Å². The van der Waals surface area contributed by atoms with Gasteiger partial charge in [-0.2, -0.15) is 0 Å². The number of rotatable bonds is 9. The molecule has 148 valence electrons. The van der Waals surface area contributed by atoms with E-state index in [2.05, 4.69) is 58.9 Å². The molecule has 0 bridgehead atoms. The summed E-state index contributed by atoms with van der Waals surface area (Å²) in [5.41, 5.74) is 2.31. The Labute approximate surface area is 167 Å². The molecule has 0 aliphatic heterocycles. The number of thiazole rings is 1. The number of nitrogens with zero attached hydrogens (tertiary/aromatic N) is 2. The molecule has 27 heavy (non-hydrogen) atoms. The van der Waals surface area contributed by atoms with Crippen molar-refractivity contribution in [2.75, 3.05) is 20.2 Å². The molecule has 2 aromatic rings. The minimum absolute atomic E-state index is 0.164. The number of benzene rings is 1. The van der Waals surface area contributed by atoms with Gasteiger partial charge in [0.25, 0.3) is 0 Å². The highest BCUT2D eigenvalue weighted by molar-refractivity contribution is 7.09. The number of nitrogens with one attached hydrogen (secondary N) is 2. The molecular weight excluding hydrogens is 356 g/mol. The molecule has 5 nitrogen and oxygen atoms in total. The maximum atomic E-state index is 5.75. The van der Waals surface area contributed by atoms with Gasteiger partial charge in [-0.15, -0.1) is 11.3 Å². The van der Waals surface area contributed by atoms with Gasteiger partial charge >= 0.3 is 0 Å². The summed E-state index contributed by atoms with van der Waals surface area (Å²) in [7, 11) is 1.80. The number of aryl methyl sites for hydroxylation is 2. The summed E-state index contributed by atoms with van der Waals surface area (Å²) in [4.78, 5) is 8.83. The molecule has 0 amide bonds. The maximum absolute atomic E-state index is 5.75. The van der Waals surface area contributed by atoms with Crippen LogP contribution < -0.4 is 15.4 Å². The third-order valence-corrected chi connectivity index (χ3v) is 5.09. The van der Waals surface area contributed by atoms with E-state index < -0.39 is 0 Å². The van der Waals surface area contributed by atoms with Crippen molar-refractivity contribution in [3.8, 4) is 5.75 Å². The standard InChI is InChI=1S/C21H32N4OS/c1-15(2)13-26-19-10-8-18(9-11-19)17(4)25-21(22-5)23-12-6-7-20-24-16(3)14-27-20/h8-11,14-15,17H,6-7,12-13H2,1-5H3,(H2,22,23,25). The highest BCUT2D eigenvalue weighted by atomic mass is 32.1. The van der Waals surface area contributed by atoms with Crippen LogP contribution in [0, 0.1) is 12.8 Å². The smallest absolute Gasteiger partial charge is 0.191 e. The second-order valence-corrected chi connectivity index (χ2v) is 8.07. The van der Waals surface area contributed by atoms with Crippen molar-refractivity contribution < 1.29 is 4.74 Å². The Morgan fingerprint density at radius 2 is 1.96 bits per heavy atom. The van der Waals surface area contributed by atoms with Crippen LogP contribution in [0.5, 0.6) is 5.75 Å².